The molecule has 0 amide bonds. The Morgan fingerprint density at radius 2 is 1.82 bits per heavy atom. The minimum atomic E-state index is -4.96. The van der Waals surface area contributed by atoms with Gasteiger partial charge in [0.05, 0.1) is 41.9 Å². The highest BCUT2D eigenvalue weighted by molar-refractivity contribution is 5.50. The van der Waals surface area contributed by atoms with Crippen molar-refractivity contribution >= 4 is 5.69 Å². The largest absolute Gasteiger partial charge is 0.461 e. The Hall–Kier alpha value is -3.70. The summed E-state index contributed by atoms with van der Waals surface area (Å²) in [5, 5.41) is 11.0. The Bertz CT molecular complexity index is 1220. The number of halogens is 6. The van der Waals surface area contributed by atoms with E-state index in [4.69, 9.17) is 8.94 Å². The van der Waals surface area contributed by atoms with Gasteiger partial charge in [-0.25, -0.2) is 0 Å². The van der Waals surface area contributed by atoms with Crippen LogP contribution in [0.15, 0.2) is 64.0 Å². The monoisotopic (exact) mass is 470 g/mol. The molecule has 1 aromatic carbocycles. The lowest BCUT2D eigenvalue weighted by atomic mass is 9.98. The smallest absolute Gasteiger partial charge is 0.416 e. The Morgan fingerprint density at radius 3 is 2.48 bits per heavy atom. The zero-order valence-corrected chi connectivity index (χ0v) is 16.9. The number of hydrogen-bond acceptors (Lipinski definition) is 5. The minimum absolute atomic E-state index is 0.121. The van der Waals surface area contributed by atoms with Crippen molar-refractivity contribution in [3.8, 4) is 11.5 Å². The second-order valence-corrected chi connectivity index (χ2v) is 7.20. The van der Waals surface area contributed by atoms with Crippen LogP contribution in [0.2, 0.25) is 0 Å². The SMILES string of the molecule is CC(c1ccc(C(F)(F)F)cc1C(F)(F)F)n1cc(NCc2cc(-c3ccco3)on2)cn1. The molecule has 4 aromatic rings. The standard InChI is InChI=1S/C21H16F6N4O2/c1-12(16-5-4-13(20(22,23)24)7-17(16)21(25,26)27)31-11-15(10-29-31)28-9-14-8-19(33-30-14)18-3-2-6-32-18/h2-8,10-12,28H,9H2,1H3. The van der Waals surface area contributed by atoms with E-state index in [1.807, 2.05) is 0 Å². The van der Waals surface area contributed by atoms with Gasteiger partial charge in [-0.2, -0.15) is 31.4 Å². The van der Waals surface area contributed by atoms with Crippen molar-refractivity contribution in [3.05, 3.63) is 77.4 Å². The summed E-state index contributed by atoms with van der Waals surface area (Å²) in [7, 11) is 0. The first-order chi connectivity index (χ1) is 15.5. The predicted molar refractivity (Wildman–Crippen MR) is 104 cm³/mol. The Labute approximate surface area is 182 Å². The molecule has 12 heteroatoms. The number of benzene rings is 1. The van der Waals surface area contributed by atoms with E-state index in [2.05, 4.69) is 15.6 Å². The second-order valence-electron chi connectivity index (χ2n) is 7.20. The molecule has 33 heavy (non-hydrogen) atoms. The van der Waals surface area contributed by atoms with E-state index in [1.165, 1.54) is 30.3 Å². The molecule has 0 radical (unpaired) electrons. The van der Waals surface area contributed by atoms with Gasteiger partial charge in [0, 0.05) is 12.3 Å². The lowest BCUT2D eigenvalue weighted by Gasteiger charge is -2.20. The van der Waals surface area contributed by atoms with Crippen molar-refractivity contribution in [2.24, 2.45) is 0 Å². The van der Waals surface area contributed by atoms with Gasteiger partial charge in [-0.1, -0.05) is 11.2 Å². The summed E-state index contributed by atoms with van der Waals surface area (Å²) in [5.74, 6) is 0.940. The van der Waals surface area contributed by atoms with Crippen molar-refractivity contribution < 1.29 is 35.3 Å². The third kappa shape index (κ3) is 4.89. The molecule has 0 aliphatic carbocycles. The van der Waals surface area contributed by atoms with Crippen LogP contribution in [0.25, 0.3) is 11.5 Å². The molecule has 0 aliphatic rings. The van der Waals surface area contributed by atoms with E-state index in [-0.39, 0.29) is 18.2 Å². The molecule has 174 valence electrons. The highest BCUT2D eigenvalue weighted by Gasteiger charge is 2.39. The van der Waals surface area contributed by atoms with Gasteiger partial charge in [-0.3, -0.25) is 4.68 Å². The summed E-state index contributed by atoms with van der Waals surface area (Å²) in [6, 6.07) is 5.68. The number of rotatable bonds is 6. The van der Waals surface area contributed by atoms with Crippen LogP contribution in [-0.4, -0.2) is 14.9 Å². The molecule has 1 N–H and O–H groups in total. The van der Waals surface area contributed by atoms with Crippen molar-refractivity contribution in [2.75, 3.05) is 5.32 Å². The maximum Gasteiger partial charge on any atom is 0.416 e. The maximum atomic E-state index is 13.5. The molecule has 0 aliphatic heterocycles. The fraction of sp³-hybridized carbons (Fsp3) is 0.238. The van der Waals surface area contributed by atoms with Gasteiger partial charge < -0.3 is 14.3 Å². The first-order valence-corrected chi connectivity index (χ1v) is 9.58. The summed E-state index contributed by atoms with van der Waals surface area (Å²) < 4.78 is 90.8. The first-order valence-electron chi connectivity index (χ1n) is 9.58. The van der Waals surface area contributed by atoms with Crippen LogP contribution in [0, 0.1) is 0 Å². The summed E-state index contributed by atoms with van der Waals surface area (Å²) in [4.78, 5) is 0. The lowest BCUT2D eigenvalue weighted by Crippen LogP contribution is -2.17. The van der Waals surface area contributed by atoms with Crippen LogP contribution in [0.4, 0.5) is 32.0 Å². The average molecular weight is 470 g/mol. The molecule has 0 saturated carbocycles. The van der Waals surface area contributed by atoms with Crippen LogP contribution in [-0.2, 0) is 18.9 Å². The van der Waals surface area contributed by atoms with Gasteiger partial charge in [0.2, 0.25) is 5.76 Å². The highest BCUT2D eigenvalue weighted by Crippen LogP contribution is 2.39. The molecule has 0 spiro atoms. The van der Waals surface area contributed by atoms with Gasteiger partial charge in [0.25, 0.3) is 0 Å². The van der Waals surface area contributed by atoms with Gasteiger partial charge >= 0.3 is 12.4 Å². The molecule has 0 saturated heterocycles. The fourth-order valence-electron chi connectivity index (χ4n) is 3.25. The molecule has 4 rings (SSSR count). The summed E-state index contributed by atoms with van der Waals surface area (Å²) >= 11 is 0. The van der Waals surface area contributed by atoms with Crippen molar-refractivity contribution in [3.63, 3.8) is 0 Å². The molecular weight excluding hydrogens is 454 g/mol. The molecule has 1 unspecified atom stereocenters. The zero-order valence-electron chi connectivity index (χ0n) is 16.9. The molecule has 1 atom stereocenters. The fourth-order valence-corrected chi connectivity index (χ4v) is 3.25. The van der Waals surface area contributed by atoms with E-state index in [9.17, 15) is 26.3 Å². The number of furan rings is 1. The summed E-state index contributed by atoms with van der Waals surface area (Å²) in [6.07, 6.45) is -5.51. The van der Waals surface area contributed by atoms with Gasteiger partial charge in [-0.05, 0) is 36.8 Å². The minimum Gasteiger partial charge on any atom is -0.461 e. The number of hydrogen-bond donors (Lipinski definition) is 1. The number of aromatic nitrogens is 3. The van der Waals surface area contributed by atoms with Gasteiger partial charge in [0.15, 0.2) is 5.76 Å². The van der Waals surface area contributed by atoms with Crippen molar-refractivity contribution in [1.82, 2.24) is 14.9 Å². The average Bonchev–Trinajstić information content (AvgIpc) is 3.51. The third-order valence-electron chi connectivity index (χ3n) is 4.93. The second kappa shape index (κ2) is 8.34. The van der Waals surface area contributed by atoms with Crippen molar-refractivity contribution in [1.29, 1.82) is 0 Å². The quantitative estimate of drug-likeness (QED) is 0.331. The van der Waals surface area contributed by atoms with Crippen LogP contribution in [0.1, 0.15) is 35.3 Å². The van der Waals surface area contributed by atoms with Crippen LogP contribution >= 0.6 is 0 Å². The van der Waals surface area contributed by atoms with Crippen molar-refractivity contribution in [2.45, 2.75) is 31.9 Å². The number of nitrogens with one attached hydrogen (secondary N) is 1. The Kier molecular flexibility index (Phi) is 5.68. The zero-order chi connectivity index (χ0) is 23.8. The third-order valence-corrected chi connectivity index (χ3v) is 4.93. The number of nitrogens with zero attached hydrogens (tertiary/aromatic N) is 3. The molecule has 6 nitrogen and oxygen atoms in total. The van der Waals surface area contributed by atoms with E-state index in [1.54, 1.807) is 18.2 Å². The van der Waals surface area contributed by atoms with Crippen LogP contribution < -0.4 is 5.32 Å². The predicted octanol–water partition coefficient (Wildman–Crippen LogP) is 6.39. The van der Waals surface area contributed by atoms with E-state index >= 15 is 0 Å². The lowest BCUT2D eigenvalue weighted by molar-refractivity contribution is -0.143. The molecule has 3 heterocycles. The molecule has 0 fully saturated rings. The molecule has 3 aromatic heterocycles. The van der Waals surface area contributed by atoms with E-state index < -0.39 is 29.5 Å². The summed E-state index contributed by atoms with van der Waals surface area (Å²) in [6.45, 7) is 1.65. The summed E-state index contributed by atoms with van der Waals surface area (Å²) in [5.41, 5.74) is -2.03. The highest BCUT2D eigenvalue weighted by atomic mass is 19.4. The Balaban J connectivity index is 1.50. The number of alkyl halides is 6. The van der Waals surface area contributed by atoms with Crippen LogP contribution in [0.3, 0.4) is 0 Å². The van der Waals surface area contributed by atoms with Gasteiger partial charge in [-0.15, -0.1) is 0 Å². The normalized spacial score (nSPS) is 13.3. The topological polar surface area (TPSA) is 69.0 Å². The van der Waals surface area contributed by atoms with Crippen LogP contribution in [0.5, 0.6) is 0 Å². The molecule has 0 bridgehead atoms. The number of anilines is 1. The first kappa shape index (κ1) is 22.5. The van der Waals surface area contributed by atoms with E-state index in [0.717, 1.165) is 6.07 Å². The molecular formula is C21H16F6N4O2. The maximum absolute atomic E-state index is 13.5. The Morgan fingerprint density at radius 1 is 1.03 bits per heavy atom. The van der Waals surface area contributed by atoms with Gasteiger partial charge in [0.1, 0.15) is 5.69 Å². The van der Waals surface area contributed by atoms with E-state index in [0.29, 0.717) is 29.0 Å².